The number of amides is 1. The molecule has 0 fully saturated rings. The van der Waals surface area contributed by atoms with Crippen LogP contribution in [0.25, 0.3) is 0 Å². The Morgan fingerprint density at radius 2 is 1.81 bits per heavy atom. The molecule has 8 nitrogen and oxygen atoms in total. The Morgan fingerprint density at radius 3 is 2.54 bits per heavy atom. The van der Waals surface area contributed by atoms with E-state index in [1.807, 2.05) is 0 Å². The number of esters is 1. The second-order valence-electron chi connectivity index (χ2n) is 5.16. The molecule has 26 heavy (non-hydrogen) atoms. The summed E-state index contributed by atoms with van der Waals surface area (Å²) in [6, 6.07) is 12.6. The lowest BCUT2D eigenvalue weighted by Crippen LogP contribution is -2.30. The minimum Gasteiger partial charge on any atom is -0.493 e. The van der Waals surface area contributed by atoms with E-state index in [0.717, 1.165) is 0 Å². The minimum absolute atomic E-state index is 0.130. The van der Waals surface area contributed by atoms with E-state index in [1.54, 1.807) is 37.3 Å². The maximum atomic E-state index is 12.2. The minimum atomic E-state index is -0.703. The maximum Gasteiger partial charge on any atom is 0.325 e. The van der Waals surface area contributed by atoms with Gasteiger partial charge in [0.25, 0.3) is 11.6 Å². The first kappa shape index (κ1) is 18.9. The third kappa shape index (κ3) is 5.04. The highest BCUT2D eigenvalue weighted by Gasteiger charge is 2.16. The quantitative estimate of drug-likeness (QED) is 0.441. The van der Waals surface area contributed by atoms with Crippen molar-refractivity contribution in [1.82, 2.24) is 5.32 Å². The molecule has 136 valence electrons. The lowest BCUT2D eigenvalue weighted by atomic mass is 10.2. The van der Waals surface area contributed by atoms with Crippen molar-refractivity contribution in [2.45, 2.75) is 13.5 Å². The highest BCUT2D eigenvalue weighted by atomic mass is 16.6. The van der Waals surface area contributed by atoms with Crippen molar-refractivity contribution >= 4 is 17.6 Å². The van der Waals surface area contributed by atoms with Gasteiger partial charge in [-0.15, -0.1) is 0 Å². The van der Waals surface area contributed by atoms with Gasteiger partial charge in [-0.1, -0.05) is 24.3 Å². The summed E-state index contributed by atoms with van der Waals surface area (Å²) in [5, 5.41) is 13.4. The zero-order chi connectivity index (χ0) is 18.9. The van der Waals surface area contributed by atoms with Crippen LogP contribution in [0.4, 0.5) is 5.69 Å². The Kier molecular flexibility index (Phi) is 6.67. The summed E-state index contributed by atoms with van der Waals surface area (Å²) in [6.07, 6.45) is 0. The molecule has 2 aromatic rings. The second kappa shape index (κ2) is 9.16. The van der Waals surface area contributed by atoms with Gasteiger partial charge in [-0.25, -0.2) is 0 Å². The summed E-state index contributed by atoms with van der Waals surface area (Å²) in [7, 11) is 0. The summed E-state index contributed by atoms with van der Waals surface area (Å²) < 4.78 is 10.4. The molecule has 0 atom stereocenters. The maximum absolute atomic E-state index is 12.2. The van der Waals surface area contributed by atoms with Crippen molar-refractivity contribution in [3.8, 4) is 5.75 Å². The highest BCUT2D eigenvalue weighted by molar-refractivity contribution is 5.98. The van der Waals surface area contributed by atoms with Gasteiger partial charge in [0.2, 0.25) is 0 Å². The van der Waals surface area contributed by atoms with Crippen molar-refractivity contribution in [2.75, 3.05) is 13.2 Å². The van der Waals surface area contributed by atoms with E-state index in [9.17, 15) is 19.7 Å². The molecular formula is C18H18N2O6. The van der Waals surface area contributed by atoms with E-state index in [1.165, 1.54) is 18.2 Å². The predicted molar refractivity (Wildman–Crippen MR) is 92.8 cm³/mol. The molecule has 8 heteroatoms. The average molecular weight is 358 g/mol. The first-order chi connectivity index (χ1) is 12.5. The van der Waals surface area contributed by atoms with E-state index in [2.05, 4.69) is 5.32 Å². The monoisotopic (exact) mass is 358 g/mol. The summed E-state index contributed by atoms with van der Waals surface area (Å²) in [5.41, 5.74) is 0.453. The lowest BCUT2D eigenvalue weighted by molar-refractivity contribution is -0.385. The zero-order valence-corrected chi connectivity index (χ0v) is 14.1. The Labute approximate surface area is 149 Å². The summed E-state index contributed by atoms with van der Waals surface area (Å²) in [5.74, 6) is -0.761. The molecule has 2 aromatic carbocycles. The zero-order valence-electron chi connectivity index (χ0n) is 14.1. The van der Waals surface area contributed by atoms with Crippen LogP contribution in [0.15, 0.2) is 48.5 Å². The van der Waals surface area contributed by atoms with E-state index >= 15 is 0 Å². The number of nitro benzene ring substituents is 1. The number of para-hydroxylation sites is 2. The molecular weight excluding hydrogens is 340 g/mol. The van der Waals surface area contributed by atoms with Crippen LogP contribution < -0.4 is 10.1 Å². The third-order valence-electron chi connectivity index (χ3n) is 3.40. The van der Waals surface area contributed by atoms with Crippen molar-refractivity contribution in [3.05, 3.63) is 69.8 Å². The molecule has 0 aliphatic carbocycles. The normalized spacial score (nSPS) is 10.0. The fraction of sp³-hybridized carbons (Fsp3) is 0.222. The number of hydrogen-bond acceptors (Lipinski definition) is 6. The largest absolute Gasteiger partial charge is 0.493 e. The van der Waals surface area contributed by atoms with Crippen LogP contribution in [-0.2, 0) is 16.1 Å². The van der Waals surface area contributed by atoms with Crippen LogP contribution in [0.2, 0.25) is 0 Å². The standard InChI is InChI=1S/C18H18N2O6/c1-2-25-16-10-6-4-8-14(16)18(22)19-11-17(21)26-12-13-7-3-5-9-15(13)20(23)24/h3-10H,2,11-12H2,1H3,(H,19,22). The molecule has 0 aromatic heterocycles. The predicted octanol–water partition coefficient (Wildman–Crippen LogP) is 2.47. The molecule has 0 spiro atoms. The average Bonchev–Trinajstić information content (AvgIpc) is 2.65. The third-order valence-corrected chi connectivity index (χ3v) is 3.40. The van der Waals surface area contributed by atoms with Gasteiger partial charge in [-0.3, -0.25) is 19.7 Å². The fourth-order valence-corrected chi connectivity index (χ4v) is 2.20. The lowest BCUT2D eigenvalue weighted by Gasteiger charge is -2.10. The van der Waals surface area contributed by atoms with Crippen molar-refractivity contribution in [2.24, 2.45) is 0 Å². The first-order valence-electron chi connectivity index (χ1n) is 7.91. The van der Waals surface area contributed by atoms with Crippen LogP contribution in [0.3, 0.4) is 0 Å². The van der Waals surface area contributed by atoms with Gasteiger partial charge in [0.05, 0.1) is 22.7 Å². The van der Waals surface area contributed by atoms with Gasteiger partial charge in [-0.05, 0) is 25.1 Å². The van der Waals surface area contributed by atoms with Gasteiger partial charge in [0, 0.05) is 6.07 Å². The molecule has 1 N–H and O–H groups in total. The summed E-state index contributed by atoms with van der Waals surface area (Å²) in [6.45, 7) is 1.60. The van der Waals surface area contributed by atoms with E-state index in [-0.39, 0.29) is 24.4 Å². The van der Waals surface area contributed by atoms with Crippen LogP contribution >= 0.6 is 0 Å². The number of nitrogens with zero attached hydrogens (tertiary/aromatic N) is 1. The second-order valence-corrected chi connectivity index (χ2v) is 5.16. The van der Waals surface area contributed by atoms with Crippen molar-refractivity contribution in [1.29, 1.82) is 0 Å². The number of nitrogens with one attached hydrogen (secondary N) is 1. The number of hydrogen-bond donors (Lipinski definition) is 1. The number of ether oxygens (including phenoxy) is 2. The highest BCUT2D eigenvalue weighted by Crippen LogP contribution is 2.19. The van der Waals surface area contributed by atoms with Gasteiger partial charge in [0.15, 0.2) is 0 Å². The van der Waals surface area contributed by atoms with Gasteiger partial charge >= 0.3 is 5.97 Å². The SMILES string of the molecule is CCOc1ccccc1C(=O)NCC(=O)OCc1ccccc1[N+](=O)[O-]. The Bertz CT molecular complexity index is 806. The van der Waals surface area contributed by atoms with Crippen LogP contribution in [-0.4, -0.2) is 30.0 Å². The molecule has 0 heterocycles. The van der Waals surface area contributed by atoms with Crippen LogP contribution in [0.1, 0.15) is 22.8 Å². The number of carbonyl (C=O) groups excluding carboxylic acids is 2. The van der Waals surface area contributed by atoms with Crippen LogP contribution in [0.5, 0.6) is 5.75 Å². The van der Waals surface area contributed by atoms with Crippen molar-refractivity contribution < 1.29 is 24.0 Å². The summed E-state index contributed by atoms with van der Waals surface area (Å²) in [4.78, 5) is 34.4. The van der Waals surface area contributed by atoms with Gasteiger partial charge in [-0.2, -0.15) is 0 Å². The van der Waals surface area contributed by atoms with E-state index in [4.69, 9.17) is 9.47 Å². The number of carbonyl (C=O) groups is 2. The number of rotatable bonds is 8. The molecule has 0 bridgehead atoms. The van der Waals surface area contributed by atoms with E-state index < -0.39 is 16.8 Å². The molecule has 0 unspecified atom stereocenters. The van der Waals surface area contributed by atoms with Gasteiger partial charge < -0.3 is 14.8 Å². The van der Waals surface area contributed by atoms with Gasteiger partial charge in [0.1, 0.15) is 18.9 Å². The molecule has 1 amide bonds. The van der Waals surface area contributed by atoms with E-state index in [0.29, 0.717) is 17.9 Å². The molecule has 0 aliphatic heterocycles. The van der Waals surface area contributed by atoms with Crippen molar-refractivity contribution in [3.63, 3.8) is 0 Å². The smallest absolute Gasteiger partial charge is 0.325 e. The Balaban J connectivity index is 1.90. The Morgan fingerprint density at radius 1 is 1.12 bits per heavy atom. The molecule has 0 radical (unpaired) electrons. The summed E-state index contributed by atoms with van der Waals surface area (Å²) >= 11 is 0. The number of nitro groups is 1. The van der Waals surface area contributed by atoms with Crippen LogP contribution in [0, 0.1) is 10.1 Å². The molecule has 0 saturated heterocycles. The molecule has 0 saturated carbocycles. The molecule has 2 rings (SSSR count). The molecule has 0 aliphatic rings. The topological polar surface area (TPSA) is 108 Å². The Hall–Kier alpha value is -3.42. The number of benzene rings is 2. The fourth-order valence-electron chi connectivity index (χ4n) is 2.20. The first-order valence-corrected chi connectivity index (χ1v) is 7.91.